The zero-order valence-corrected chi connectivity index (χ0v) is 10.8. The highest BCUT2D eigenvalue weighted by Crippen LogP contribution is 2.09. The van der Waals surface area contributed by atoms with Gasteiger partial charge in [-0.05, 0) is 20.8 Å². The van der Waals surface area contributed by atoms with Crippen molar-refractivity contribution in [3.63, 3.8) is 0 Å². The third-order valence-electron chi connectivity index (χ3n) is 3.01. The summed E-state index contributed by atoms with van der Waals surface area (Å²) in [5.74, 6) is 0. The van der Waals surface area contributed by atoms with Gasteiger partial charge in [-0.2, -0.15) is 10.2 Å². The second-order valence-electron chi connectivity index (χ2n) is 4.43. The average molecular weight is 233 g/mol. The Morgan fingerprint density at radius 1 is 1.24 bits per heavy atom. The fourth-order valence-electron chi connectivity index (χ4n) is 1.98. The van der Waals surface area contributed by atoms with Gasteiger partial charge in [0.15, 0.2) is 0 Å². The van der Waals surface area contributed by atoms with Gasteiger partial charge in [-0.1, -0.05) is 0 Å². The molecule has 0 saturated heterocycles. The lowest BCUT2D eigenvalue weighted by Crippen LogP contribution is -2.14. The summed E-state index contributed by atoms with van der Waals surface area (Å²) >= 11 is 0. The minimum atomic E-state index is 0.836. The lowest BCUT2D eigenvalue weighted by Gasteiger charge is -2.04. The molecular formula is C12H19N5. The number of aromatic amines is 1. The van der Waals surface area contributed by atoms with Gasteiger partial charge >= 0.3 is 0 Å². The first-order chi connectivity index (χ1) is 8.08. The molecule has 92 valence electrons. The minimum absolute atomic E-state index is 0.836. The van der Waals surface area contributed by atoms with Gasteiger partial charge in [0, 0.05) is 43.2 Å². The highest BCUT2D eigenvalue weighted by atomic mass is 15.2. The Bertz CT molecular complexity index is 489. The lowest BCUT2D eigenvalue weighted by atomic mass is 10.2. The number of rotatable bonds is 4. The molecule has 2 rings (SSSR count). The van der Waals surface area contributed by atoms with Crippen LogP contribution in [-0.4, -0.2) is 20.0 Å². The van der Waals surface area contributed by atoms with Gasteiger partial charge < -0.3 is 5.32 Å². The number of nitrogens with zero attached hydrogens (tertiary/aromatic N) is 3. The first kappa shape index (κ1) is 11.9. The van der Waals surface area contributed by atoms with Gasteiger partial charge in [-0.3, -0.25) is 9.78 Å². The van der Waals surface area contributed by atoms with Crippen LogP contribution in [0.4, 0.5) is 0 Å². The second-order valence-corrected chi connectivity index (χ2v) is 4.43. The molecule has 2 heterocycles. The predicted octanol–water partition coefficient (Wildman–Crippen LogP) is 1.36. The highest BCUT2D eigenvalue weighted by Gasteiger charge is 2.06. The van der Waals surface area contributed by atoms with Crippen LogP contribution in [0.15, 0.2) is 6.20 Å². The molecule has 0 saturated carbocycles. The smallest absolute Gasteiger partial charge is 0.0638 e. The summed E-state index contributed by atoms with van der Waals surface area (Å²) in [6.45, 7) is 7.78. The number of H-pyrrole nitrogens is 1. The van der Waals surface area contributed by atoms with Crippen LogP contribution in [0.2, 0.25) is 0 Å². The summed E-state index contributed by atoms with van der Waals surface area (Å²) in [6, 6.07) is 0. The molecule has 0 amide bonds. The molecule has 0 radical (unpaired) electrons. The van der Waals surface area contributed by atoms with Gasteiger partial charge in [-0.15, -0.1) is 0 Å². The lowest BCUT2D eigenvalue weighted by molar-refractivity contribution is 0.685. The maximum Gasteiger partial charge on any atom is 0.0638 e. The van der Waals surface area contributed by atoms with Crippen molar-refractivity contribution in [1.82, 2.24) is 25.3 Å². The molecule has 0 aliphatic rings. The van der Waals surface area contributed by atoms with Crippen LogP contribution in [0.5, 0.6) is 0 Å². The standard InChI is InChI=1S/C12H19N5/c1-8-11(7-17(4)16-8)5-13-6-12-9(2)14-15-10(12)3/h7,13H,5-6H2,1-4H3,(H,14,15). The fourth-order valence-corrected chi connectivity index (χ4v) is 1.98. The maximum atomic E-state index is 4.32. The van der Waals surface area contributed by atoms with E-state index in [-0.39, 0.29) is 0 Å². The molecule has 0 unspecified atom stereocenters. The third kappa shape index (κ3) is 2.55. The minimum Gasteiger partial charge on any atom is -0.308 e. The SMILES string of the molecule is Cc1nn(C)cc1CNCc1c(C)n[nH]c1C. The number of aromatic nitrogens is 4. The normalized spacial score (nSPS) is 11.1. The molecule has 0 atom stereocenters. The molecule has 0 fully saturated rings. The van der Waals surface area contributed by atoms with Crippen LogP contribution in [0.1, 0.15) is 28.2 Å². The summed E-state index contributed by atoms with van der Waals surface area (Å²) in [7, 11) is 1.95. The maximum absolute atomic E-state index is 4.32. The molecule has 2 N–H and O–H groups in total. The van der Waals surface area contributed by atoms with E-state index >= 15 is 0 Å². The summed E-state index contributed by atoms with van der Waals surface area (Å²) in [5, 5.41) is 14.9. The van der Waals surface area contributed by atoms with Crippen molar-refractivity contribution >= 4 is 0 Å². The van der Waals surface area contributed by atoms with Crippen molar-refractivity contribution in [3.05, 3.63) is 34.4 Å². The number of nitrogens with one attached hydrogen (secondary N) is 2. The predicted molar refractivity (Wildman–Crippen MR) is 66.6 cm³/mol. The Kier molecular flexibility index (Phi) is 3.28. The van der Waals surface area contributed by atoms with Crippen LogP contribution >= 0.6 is 0 Å². The second kappa shape index (κ2) is 4.71. The van der Waals surface area contributed by atoms with E-state index in [4.69, 9.17) is 0 Å². The van der Waals surface area contributed by atoms with Crippen molar-refractivity contribution in [2.24, 2.45) is 7.05 Å². The van der Waals surface area contributed by atoms with E-state index in [2.05, 4.69) is 26.8 Å². The molecule has 0 spiro atoms. The molecule has 0 aliphatic carbocycles. The largest absolute Gasteiger partial charge is 0.308 e. The third-order valence-corrected chi connectivity index (χ3v) is 3.01. The zero-order valence-electron chi connectivity index (χ0n) is 10.8. The summed E-state index contributed by atoms with van der Waals surface area (Å²) < 4.78 is 1.85. The van der Waals surface area contributed by atoms with Gasteiger partial charge in [0.05, 0.1) is 11.4 Å². The van der Waals surface area contributed by atoms with Gasteiger partial charge in [0.25, 0.3) is 0 Å². The van der Waals surface area contributed by atoms with Crippen LogP contribution < -0.4 is 5.32 Å². The Hall–Kier alpha value is -1.62. The molecule has 2 aromatic heterocycles. The highest BCUT2D eigenvalue weighted by molar-refractivity contribution is 5.23. The monoisotopic (exact) mass is 233 g/mol. The van der Waals surface area contributed by atoms with E-state index in [0.29, 0.717) is 0 Å². The van der Waals surface area contributed by atoms with Gasteiger partial charge in [0.2, 0.25) is 0 Å². The van der Waals surface area contributed by atoms with Crippen LogP contribution in [0.3, 0.4) is 0 Å². The number of aryl methyl sites for hydroxylation is 4. The topological polar surface area (TPSA) is 58.5 Å². The molecule has 0 aliphatic heterocycles. The Labute approximate surface area is 101 Å². The van der Waals surface area contributed by atoms with Crippen LogP contribution in [-0.2, 0) is 20.1 Å². The van der Waals surface area contributed by atoms with Crippen molar-refractivity contribution in [2.75, 3.05) is 0 Å². The summed E-state index contributed by atoms with van der Waals surface area (Å²) in [4.78, 5) is 0. The zero-order chi connectivity index (χ0) is 12.4. The molecule has 17 heavy (non-hydrogen) atoms. The summed E-state index contributed by atoms with van der Waals surface area (Å²) in [5.41, 5.74) is 5.79. The molecule has 2 aromatic rings. The van der Waals surface area contributed by atoms with Crippen molar-refractivity contribution in [1.29, 1.82) is 0 Å². The van der Waals surface area contributed by atoms with E-state index in [9.17, 15) is 0 Å². The van der Waals surface area contributed by atoms with Crippen LogP contribution in [0.25, 0.3) is 0 Å². The van der Waals surface area contributed by atoms with Crippen molar-refractivity contribution < 1.29 is 0 Å². The Morgan fingerprint density at radius 2 is 2.00 bits per heavy atom. The number of hydrogen-bond acceptors (Lipinski definition) is 3. The summed E-state index contributed by atoms with van der Waals surface area (Å²) in [6.07, 6.45) is 2.05. The van der Waals surface area contributed by atoms with E-state index < -0.39 is 0 Å². The van der Waals surface area contributed by atoms with Crippen molar-refractivity contribution in [2.45, 2.75) is 33.9 Å². The fraction of sp³-hybridized carbons (Fsp3) is 0.500. The quantitative estimate of drug-likeness (QED) is 0.838. The van der Waals surface area contributed by atoms with Crippen molar-refractivity contribution in [3.8, 4) is 0 Å². The van der Waals surface area contributed by atoms with E-state index in [1.165, 1.54) is 11.1 Å². The first-order valence-electron chi connectivity index (χ1n) is 5.78. The molecule has 0 aromatic carbocycles. The molecule has 5 heteroatoms. The average Bonchev–Trinajstić information content (AvgIpc) is 2.74. The molecule has 0 bridgehead atoms. The van der Waals surface area contributed by atoms with Gasteiger partial charge in [-0.25, -0.2) is 0 Å². The van der Waals surface area contributed by atoms with Gasteiger partial charge in [0.1, 0.15) is 0 Å². The van der Waals surface area contributed by atoms with E-state index in [0.717, 1.165) is 30.2 Å². The Morgan fingerprint density at radius 3 is 2.53 bits per heavy atom. The number of hydrogen-bond donors (Lipinski definition) is 2. The Balaban J connectivity index is 1.94. The molecule has 5 nitrogen and oxygen atoms in total. The van der Waals surface area contributed by atoms with E-state index in [1.54, 1.807) is 0 Å². The van der Waals surface area contributed by atoms with E-state index in [1.807, 2.05) is 32.5 Å². The molecular weight excluding hydrogens is 214 g/mol. The first-order valence-corrected chi connectivity index (χ1v) is 5.78. The van der Waals surface area contributed by atoms with Crippen LogP contribution in [0, 0.1) is 20.8 Å².